The number of rotatable bonds is 7. The van der Waals surface area contributed by atoms with Crippen molar-refractivity contribution in [2.45, 2.75) is 31.1 Å². The number of carbonyl (C=O) groups is 2. The zero-order valence-electron chi connectivity index (χ0n) is 15.6. The van der Waals surface area contributed by atoms with Crippen LogP contribution in [0.3, 0.4) is 0 Å². The second-order valence-electron chi connectivity index (χ2n) is 6.32. The van der Waals surface area contributed by atoms with Crippen molar-refractivity contribution in [3.63, 3.8) is 0 Å². The van der Waals surface area contributed by atoms with Gasteiger partial charge in [0.25, 0.3) is 5.91 Å². The summed E-state index contributed by atoms with van der Waals surface area (Å²) < 4.78 is 27.9. The summed E-state index contributed by atoms with van der Waals surface area (Å²) >= 11 is 0. The molecule has 0 aliphatic carbocycles. The standard InChI is InChI=1S/C20H23NO5S/c1-4-14(2)17-7-5-6-8-18(17)21-19(22)13-26-20(23)15-9-11-16(12-10-15)27(3,24)25/h5-12,14H,4,13H2,1-3H3,(H,21,22)/t14-/m1/s1. The van der Waals surface area contributed by atoms with E-state index in [0.717, 1.165) is 18.2 Å². The first kappa shape index (κ1) is 20.6. The van der Waals surface area contributed by atoms with Crippen LogP contribution in [0.4, 0.5) is 5.69 Å². The molecule has 1 amide bonds. The monoisotopic (exact) mass is 389 g/mol. The highest BCUT2D eigenvalue weighted by Gasteiger charge is 2.14. The first-order chi connectivity index (χ1) is 12.7. The number of carbonyl (C=O) groups excluding carboxylic acids is 2. The van der Waals surface area contributed by atoms with Gasteiger partial charge in [0.05, 0.1) is 10.5 Å². The molecule has 0 spiro atoms. The highest BCUT2D eigenvalue weighted by molar-refractivity contribution is 7.90. The molecule has 2 aromatic rings. The third-order valence-corrected chi connectivity index (χ3v) is 5.36. The van der Waals surface area contributed by atoms with Crippen molar-refractivity contribution in [2.24, 2.45) is 0 Å². The molecule has 2 rings (SSSR count). The summed E-state index contributed by atoms with van der Waals surface area (Å²) in [6, 6.07) is 12.9. The summed E-state index contributed by atoms with van der Waals surface area (Å²) in [4.78, 5) is 24.3. The number of anilines is 1. The van der Waals surface area contributed by atoms with Crippen molar-refractivity contribution in [3.05, 3.63) is 59.7 Å². The average Bonchev–Trinajstić information content (AvgIpc) is 2.65. The fourth-order valence-corrected chi connectivity index (χ4v) is 3.13. The lowest BCUT2D eigenvalue weighted by molar-refractivity contribution is -0.119. The number of esters is 1. The molecule has 0 radical (unpaired) electrons. The Hall–Kier alpha value is -2.67. The van der Waals surface area contributed by atoms with E-state index < -0.39 is 28.3 Å². The maximum atomic E-state index is 12.1. The molecule has 0 saturated carbocycles. The summed E-state index contributed by atoms with van der Waals surface area (Å²) in [7, 11) is -3.34. The molecule has 0 aliphatic rings. The van der Waals surface area contributed by atoms with Gasteiger partial charge in [-0.1, -0.05) is 32.0 Å². The van der Waals surface area contributed by atoms with Crippen LogP contribution in [0.25, 0.3) is 0 Å². The van der Waals surface area contributed by atoms with Crippen molar-refractivity contribution in [1.82, 2.24) is 0 Å². The number of hydrogen-bond acceptors (Lipinski definition) is 5. The Morgan fingerprint density at radius 2 is 1.70 bits per heavy atom. The quantitative estimate of drug-likeness (QED) is 0.733. The molecule has 0 aromatic heterocycles. The Morgan fingerprint density at radius 3 is 2.30 bits per heavy atom. The third kappa shape index (κ3) is 5.65. The van der Waals surface area contributed by atoms with Crippen molar-refractivity contribution >= 4 is 27.4 Å². The topological polar surface area (TPSA) is 89.5 Å². The molecule has 0 bridgehead atoms. The number of para-hydroxylation sites is 1. The summed E-state index contributed by atoms with van der Waals surface area (Å²) in [6.07, 6.45) is 2.02. The molecule has 7 heteroatoms. The van der Waals surface area contributed by atoms with E-state index in [9.17, 15) is 18.0 Å². The molecule has 27 heavy (non-hydrogen) atoms. The number of amides is 1. The fourth-order valence-electron chi connectivity index (χ4n) is 2.50. The van der Waals surface area contributed by atoms with Gasteiger partial charge in [-0.05, 0) is 48.2 Å². The largest absolute Gasteiger partial charge is 0.452 e. The molecule has 0 saturated heterocycles. The van der Waals surface area contributed by atoms with Gasteiger partial charge in [-0.2, -0.15) is 0 Å². The van der Waals surface area contributed by atoms with E-state index in [1.807, 2.05) is 24.3 Å². The smallest absolute Gasteiger partial charge is 0.338 e. The maximum Gasteiger partial charge on any atom is 0.338 e. The first-order valence-electron chi connectivity index (χ1n) is 8.58. The Balaban J connectivity index is 1.97. The van der Waals surface area contributed by atoms with Crippen LogP contribution in [0, 0.1) is 0 Å². The summed E-state index contributed by atoms with van der Waals surface area (Å²) in [5.41, 5.74) is 1.90. The van der Waals surface area contributed by atoms with Crippen molar-refractivity contribution in [3.8, 4) is 0 Å². The zero-order valence-corrected chi connectivity index (χ0v) is 16.4. The fraction of sp³-hybridized carbons (Fsp3) is 0.300. The minimum Gasteiger partial charge on any atom is -0.452 e. The summed E-state index contributed by atoms with van der Waals surface area (Å²) in [6.45, 7) is 3.72. The van der Waals surface area contributed by atoms with Crippen molar-refractivity contribution in [2.75, 3.05) is 18.2 Å². The van der Waals surface area contributed by atoms with Gasteiger partial charge in [0.2, 0.25) is 0 Å². The van der Waals surface area contributed by atoms with E-state index in [1.54, 1.807) is 0 Å². The number of benzene rings is 2. The van der Waals surface area contributed by atoms with Gasteiger partial charge in [-0.3, -0.25) is 4.79 Å². The van der Waals surface area contributed by atoms with E-state index in [4.69, 9.17) is 4.74 Å². The predicted molar refractivity (Wildman–Crippen MR) is 104 cm³/mol. The minimum atomic E-state index is -3.34. The highest BCUT2D eigenvalue weighted by atomic mass is 32.2. The lowest BCUT2D eigenvalue weighted by Gasteiger charge is -2.15. The van der Waals surface area contributed by atoms with Crippen LogP contribution in [-0.2, 0) is 19.4 Å². The average molecular weight is 389 g/mol. The van der Waals surface area contributed by atoms with Gasteiger partial charge >= 0.3 is 5.97 Å². The zero-order chi connectivity index (χ0) is 20.0. The highest BCUT2D eigenvalue weighted by Crippen LogP contribution is 2.26. The molecule has 1 atom stereocenters. The number of ether oxygens (including phenoxy) is 1. The van der Waals surface area contributed by atoms with Crippen LogP contribution < -0.4 is 5.32 Å². The van der Waals surface area contributed by atoms with Gasteiger partial charge in [0.15, 0.2) is 16.4 Å². The van der Waals surface area contributed by atoms with E-state index in [-0.39, 0.29) is 16.4 Å². The van der Waals surface area contributed by atoms with E-state index in [1.165, 1.54) is 24.3 Å². The van der Waals surface area contributed by atoms with E-state index in [2.05, 4.69) is 19.2 Å². The molecule has 0 heterocycles. The van der Waals surface area contributed by atoms with Crippen LogP contribution in [0.15, 0.2) is 53.4 Å². The first-order valence-corrected chi connectivity index (χ1v) is 10.5. The van der Waals surface area contributed by atoms with Crippen LogP contribution in [0.5, 0.6) is 0 Å². The van der Waals surface area contributed by atoms with Crippen LogP contribution in [0.2, 0.25) is 0 Å². The molecule has 144 valence electrons. The second kappa shape index (κ2) is 8.81. The maximum absolute atomic E-state index is 12.1. The molecule has 1 N–H and O–H groups in total. The number of hydrogen-bond donors (Lipinski definition) is 1. The summed E-state index contributed by atoms with van der Waals surface area (Å²) in [5.74, 6) is -0.843. The van der Waals surface area contributed by atoms with Gasteiger partial charge < -0.3 is 10.1 Å². The SMILES string of the molecule is CC[C@@H](C)c1ccccc1NC(=O)COC(=O)c1ccc(S(C)(=O)=O)cc1. The lowest BCUT2D eigenvalue weighted by Crippen LogP contribution is -2.21. The molecular formula is C20H23NO5S. The Labute approximate surface area is 159 Å². The van der Waals surface area contributed by atoms with E-state index >= 15 is 0 Å². The van der Waals surface area contributed by atoms with Crippen molar-refractivity contribution < 1.29 is 22.7 Å². The number of nitrogens with one attached hydrogen (secondary N) is 1. The van der Waals surface area contributed by atoms with Gasteiger partial charge in [0, 0.05) is 11.9 Å². The third-order valence-electron chi connectivity index (χ3n) is 4.23. The van der Waals surface area contributed by atoms with Gasteiger partial charge in [0.1, 0.15) is 0 Å². The normalized spacial score (nSPS) is 12.3. The van der Waals surface area contributed by atoms with Gasteiger partial charge in [-0.25, -0.2) is 13.2 Å². The Morgan fingerprint density at radius 1 is 1.07 bits per heavy atom. The Kier molecular flexibility index (Phi) is 6.74. The van der Waals surface area contributed by atoms with Crippen LogP contribution >= 0.6 is 0 Å². The predicted octanol–water partition coefficient (Wildman–Crippen LogP) is 3.40. The molecular weight excluding hydrogens is 366 g/mol. The van der Waals surface area contributed by atoms with Crippen LogP contribution in [0.1, 0.15) is 42.1 Å². The molecule has 0 aliphatic heterocycles. The lowest BCUT2D eigenvalue weighted by atomic mass is 9.97. The van der Waals surface area contributed by atoms with E-state index in [0.29, 0.717) is 5.69 Å². The molecule has 0 fully saturated rings. The summed E-state index contributed by atoms with van der Waals surface area (Å²) in [5, 5.41) is 2.77. The number of sulfone groups is 1. The van der Waals surface area contributed by atoms with Gasteiger partial charge in [-0.15, -0.1) is 0 Å². The molecule has 2 aromatic carbocycles. The van der Waals surface area contributed by atoms with Crippen molar-refractivity contribution in [1.29, 1.82) is 0 Å². The molecule has 6 nitrogen and oxygen atoms in total. The minimum absolute atomic E-state index is 0.110. The second-order valence-corrected chi connectivity index (χ2v) is 8.33. The van der Waals surface area contributed by atoms with Crippen LogP contribution in [-0.4, -0.2) is 33.2 Å². The molecule has 0 unspecified atom stereocenters. The Bertz CT molecular complexity index is 920.